The van der Waals surface area contributed by atoms with Gasteiger partial charge in [0, 0.05) is 17.7 Å². The number of fused-ring (bicyclic) bond motifs is 6. The lowest BCUT2D eigenvalue weighted by atomic mass is 9.84. The molecule has 0 unspecified atom stereocenters. The molecule has 3 aromatic rings. The zero-order chi connectivity index (χ0) is 18.5. The van der Waals surface area contributed by atoms with E-state index >= 15 is 0 Å². The molecule has 136 valence electrons. The maximum absolute atomic E-state index is 13.3. The molecule has 4 nitrogen and oxygen atoms in total. The molecule has 0 N–H and O–H groups in total. The van der Waals surface area contributed by atoms with Crippen molar-refractivity contribution < 1.29 is 9.47 Å². The van der Waals surface area contributed by atoms with Crippen molar-refractivity contribution in [3.05, 3.63) is 69.5 Å². The van der Waals surface area contributed by atoms with Crippen LogP contribution in [0.25, 0.3) is 22.4 Å². The Kier molecular flexibility index (Phi) is 3.61. The quantitative estimate of drug-likeness (QED) is 0.698. The number of aryl methyl sites for hydroxylation is 2. The molecule has 0 amide bonds. The Balaban J connectivity index is 1.79. The van der Waals surface area contributed by atoms with E-state index in [2.05, 4.69) is 24.3 Å². The standard InChI is InChI=1S/C23H21NO3/c1-26-21-11-15-9-10-24-20(18(15)13-22(21)27-2)12-19-16-6-4-3-5-14(16)7-8-17(19)23(24)25/h3-6,11-13H,7-10H2,1-2H3. The van der Waals surface area contributed by atoms with E-state index in [1.165, 1.54) is 16.7 Å². The number of benzene rings is 2. The van der Waals surface area contributed by atoms with E-state index in [0.29, 0.717) is 12.3 Å². The first-order chi connectivity index (χ1) is 13.2. The van der Waals surface area contributed by atoms with E-state index in [1.807, 2.05) is 22.8 Å². The summed E-state index contributed by atoms with van der Waals surface area (Å²) in [6.07, 6.45) is 2.56. The van der Waals surface area contributed by atoms with Crippen molar-refractivity contribution >= 4 is 0 Å². The summed E-state index contributed by atoms with van der Waals surface area (Å²) in [5.41, 5.74) is 7.90. The number of methoxy groups -OCH3 is 2. The van der Waals surface area contributed by atoms with Crippen LogP contribution in [0.4, 0.5) is 0 Å². The second-order valence-electron chi connectivity index (χ2n) is 7.15. The minimum Gasteiger partial charge on any atom is -0.493 e. The van der Waals surface area contributed by atoms with Crippen LogP contribution >= 0.6 is 0 Å². The fourth-order valence-corrected chi connectivity index (χ4v) is 4.48. The average molecular weight is 359 g/mol. The number of pyridine rings is 1. The van der Waals surface area contributed by atoms with Gasteiger partial charge < -0.3 is 14.0 Å². The molecule has 0 bridgehead atoms. The number of aromatic nitrogens is 1. The summed E-state index contributed by atoms with van der Waals surface area (Å²) >= 11 is 0. The first kappa shape index (κ1) is 16.2. The van der Waals surface area contributed by atoms with Gasteiger partial charge in [-0.1, -0.05) is 24.3 Å². The molecule has 27 heavy (non-hydrogen) atoms. The van der Waals surface area contributed by atoms with E-state index in [-0.39, 0.29) is 5.56 Å². The summed E-state index contributed by atoms with van der Waals surface area (Å²) in [6.45, 7) is 0.700. The molecule has 2 heterocycles. The lowest BCUT2D eigenvalue weighted by Crippen LogP contribution is -2.30. The van der Waals surface area contributed by atoms with Crippen LogP contribution in [0.2, 0.25) is 0 Å². The van der Waals surface area contributed by atoms with Crippen LogP contribution in [0.5, 0.6) is 11.5 Å². The van der Waals surface area contributed by atoms with Crippen LogP contribution in [-0.4, -0.2) is 18.8 Å². The fourth-order valence-electron chi connectivity index (χ4n) is 4.48. The molecule has 5 rings (SSSR count). The summed E-state index contributed by atoms with van der Waals surface area (Å²) in [6, 6.07) is 14.6. The van der Waals surface area contributed by atoms with Gasteiger partial charge in [0.25, 0.3) is 5.56 Å². The summed E-state index contributed by atoms with van der Waals surface area (Å²) < 4.78 is 12.9. The largest absolute Gasteiger partial charge is 0.493 e. The van der Waals surface area contributed by atoms with Crippen LogP contribution < -0.4 is 15.0 Å². The molecule has 2 aliphatic rings. The summed E-state index contributed by atoms with van der Waals surface area (Å²) in [4.78, 5) is 13.3. The van der Waals surface area contributed by atoms with Gasteiger partial charge in [0.15, 0.2) is 11.5 Å². The van der Waals surface area contributed by atoms with Crippen molar-refractivity contribution in [2.45, 2.75) is 25.8 Å². The molecular formula is C23H21NO3. The van der Waals surface area contributed by atoms with E-state index in [0.717, 1.165) is 47.4 Å². The first-order valence-corrected chi connectivity index (χ1v) is 9.31. The molecule has 0 spiro atoms. The molecular weight excluding hydrogens is 338 g/mol. The molecule has 0 radical (unpaired) electrons. The third-order valence-electron chi connectivity index (χ3n) is 5.84. The van der Waals surface area contributed by atoms with Gasteiger partial charge in [0.2, 0.25) is 0 Å². The van der Waals surface area contributed by atoms with Gasteiger partial charge in [-0.05, 0) is 59.7 Å². The molecule has 1 aliphatic carbocycles. The summed E-state index contributed by atoms with van der Waals surface area (Å²) in [5.74, 6) is 1.42. The highest BCUT2D eigenvalue weighted by Gasteiger charge is 2.26. The predicted molar refractivity (Wildman–Crippen MR) is 106 cm³/mol. The summed E-state index contributed by atoms with van der Waals surface area (Å²) in [7, 11) is 3.29. The number of rotatable bonds is 2. The average Bonchev–Trinajstić information content (AvgIpc) is 2.72. The Morgan fingerprint density at radius 3 is 2.41 bits per heavy atom. The van der Waals surface area contributed by atoms with Gasteiger partial charge >= 0.3 is 0 Å². The smallest absolute Gasteiger partial charge is 0.254 e. The van der Waals surface area contributed by atoms with Gasteiger partial charge in [-0.3, -0.25) is 4.79 Å². The molecule has 1 aromatic heterocycles. The Hall–Kier alpha value is -3.01. The van der Waals surface area contributed by atoms with Crippen LogP contribution in [0.15, 0.2) is 47.3 Å². The Morgan fingerprint density at radius 2 is 1.59 bits per heavy atom. The topological polar surface area (TPSA) is 40.5 Å². The highest BCUT2D eigenvalue weighted by Crippen LogP contribution is 2.40. The highest BCUT2D eigenvalue weighted by molar-refractivity contribution is 5.79. The van der Waals surface area contributed by atoms with Crippen molar-refractivity contribution in [2.75, 3.05) is 14.2 Å². The molecule has 0 fully saturated rings. The van der Waals surface area contributed by atoms with E-state index < -0.39 is 0 Å². The maximum Gasteiger partial charge on any atom is 0.254 e. The predicted octanol–water partition coefficient (Wildman–Crippen LogP) is 3.85. The van der Waals surface area contributed by atoms with Crippen LogP contribution in [0.3, 0.4) is 0 Å². The van der Waals surface area contributed by atoms with Gasteiger partial charge in [-0.2, -0.15) is 0 Å². The maximum atomic E-state index is 13.3. The lowest BCUT2D eigenvalue weighted by Gasteiger charge is -2.27. The minimum atomic E-state index is 0.150. The second-order valence-corrected chi connectivity index (χ2v) is 7.15. The minimum absolute atomic E-state index is 0.150. The molecule has 0 saturated carbocycles. The van der Waals surface area contributed by atoms with Crippen LogP contribution in [0, 0.1) is 0 Å². The van der Waals surface area contributed by atoms with Gasteiger partial charge in [-0.15, -0.1) is 0 Å². The first-order valence-electron chi connectivity index (χ1n) is 9.31. The van der Waals surface area contributed by atoms with Crippen LogP contribution in [0.1, 0.15) is 16.7 Å². The van der Waals surface area contributed by atoms with Crippen molar-refractivity contribution in [3.63, 3.8) is 0 Å². The monoisotopic (exact) mass is 359 g/mol. The van der Waals surface area contributed by atoms with E-state index in [1.54, 1.807) is 14.2 Å². The van der Waals surface area contributed by atoms with Crippen molar-refractivity contribution in [1.82, 2.24) is 4.57 Å². The zero-order valence-corrected chi connectivity index (χ0v) is 15.5. The van der Waals surface area contributed by atoms with Crippen molar-refractivity contribution in [1.29, 1.82) is 0 Å². The number of hydrogen-bond donors (Lipinski definition) is 0. The zero-order valence-electron chi connectivity index (χ0n) is 15.5. The number of ether oxygens (including phenoxy) is 2. The Labute approximate surface area is 158 Å². The molecule has 0 saturated heterocycles. The van der Waals surface area contributed by atoms with Crippen molar-refractivity contribution in [2.24, 2.45) is 0 Å². The Morgan fingerprint density at radius 1 is 0.815 bits per heavy atom. The number of nitrogens with zero attached hydrogens (tertiary/aromatic N) is 1. The molecule has 4 heteroatoms. The highest BCUT2D eigenvalue weighted by atomic mass is 16.5. The fraction of sp³-hybridized carbons (Fsp3) is 0.261. The van der Waals surface area contributed by atoms with Gasteiger partial charge in [0.05, 0.1) is 19.9 Å². The van der Waals surface area contributed by atoms with E-state index in [4.69, 9.17) is 9.47 Å². The SMILES string of the molecule is COc1cc2c(cc1OC)-c1cc3c(c(=O)n1CC2)CCc1ccccc1-3. The van der Waals surface area contributed by atoms with Crippen molar-refractivity contribution in [3.8, 4) is 33.9 Å². The Bertz CT molecular complexity index is 1130. The van der Waals surface area contributed by atoms with Gasteiger partial charge in [-0.25, -0.2) is 0 Å². The molecule has 1 aliphatic heterocycles. The third kappa shape index (κ3) is 2.33. The third-order valence-corrected chi connectivity index (χ3v) is 5.84. The van der Waals surface area contributed by atoms with E-state index in [9.17, 15) is 4.79 Å². The normalized spacial score (nSPS) is 13.9. The number of hydrogen-bond acceptors (Lipinski definition) is 3. The second kappa shape index (κ2) is 6.02. The molecule has 0 atom stereocenters. The van der Waals surface area contributed by atoms with Crippen LogP contribution in [-0.2, 0) is 25.8 Å². The summed E-state index contributed by atoms with van der Waals surface area (Å²) in [5, 5.41) is 0. The molecule has 2 aromatic carbocycles. The lowest BCUT2D eigenvalue weighted by molar-refractivity contribution is 0.354. The van der Waals surface area contributed by atoms with Gasteiger partial charge in [0.1, 0.15) is 0 Å².